The van der Waals surface area contributed by atoms with Crippen molar-refractivity contribution in [2.75, 3.05) is 36.4 Å². The van der Waals surface area contributed by atoms with Crippen LogP contribution in [-0.2, 0) is 4.57 Å². The van der Waals surface area contributed by atoms with Crippen LogP contribution in [0.4, 0.5) is 11.4 Å². The molecule has 1 aliphatic heterocycles. The lowest BCUT2D eigenvalue weighted by Gasteiger charge is -2.22. The zero-order valence-corrected chi connectivity index (χ0v) is 25.8. The molecule has 0 atom stereocenters. The van der Waals surface area contributed by atoms with Gasteiger partial charge in [0.05, 0.1) is 11.4 Å². The molecule has 0 radical (unpaired) electrons. The van der Waals surface area contributed by atoms with Crippen LogP contribution in [-0.4, -0.2) is 41.9 Å². The third kappa shape index (κ3) is 6.13. The van der Waals surface area contributed by atoms with E-state index < -0.39 is 7.60 Å². The summed E-state index contributed by atoms with van der Waals surface area (Å²) >= 11 is 0. The minimum Gasteiger partial charge on any atom is -0.456 e. The second kappa shape index (κ2) is 12.6. The van der Waals surface area contributed by atoms with Crippen LogP contribution < -0.4 is 25.5 Å². The first-order valence-electron chi connectivity index (χ1n) is 14.6. The van der Waals surface area contributed by atoms with Crippen molar-refractivity contribution >= 4 is 41.2 Å². The second-order valence-corrected chi connectivity index (χ2v) is 11.9. The molecule has 0 saturated heterocycles. The fourth-order valence-electron chi connectivity index (χ4n) is 5.57. The highest BCUT2D eigenvalue weighted by atomic mass is 31.2. The number of carbonyl (C=O) groups excluding carboxylic acids is 1. The van der Waals surface area contributed by atoms with Crippen molar-refractivity contribution in [2.45, 2.75) is 27.7 Å². The lowest BCUT2D eigenvalue weighted by molar-refractivity contribution is 0.102. The van der Waals surface area contributed by atoms with Gasteiger partial charge in [0.15, 0.2) is 0 Å². The molecular formula is C34H37N3O5P+. The predicted molar refractivity (Wildman–Crippen MR) is 174 cm³/mol. The van der Waals surface area contributed by atoms with Gasteiger partial charge in [-0.25, -0.2) is 4.58 Å². The number of hydrogen-bond acceptors (Lipinski definition) is 4. The monoisotopic (exact) mass is 598 g/mol. The summed E-state index contributed by atoms with van der Waals surface area (Å²) in [6.45, 7) is 12.0. The molecule has 2 aliphatic rings. The number of fused-ring (bicyclic) bond motifs is 2. The SMILES string of the molecule is CCN(CC)c1ccc2c(-c3ccccc3C(=O)Nc3ccc(P(=O)(O)O)cc3)c3ccc(=[N+](CC)CC)cc-3oc2c1. The Morgan fingerprint density at radius 1 is 0.860 bits per heavy atom. The summed E-state index contributed by atoms with van der Waals surface area (Å²) in [6.07, 6.45) is 0. The highest BCUT2D eigenvalue weighted by Gasteiger charge is 2.23. The first kappa shape index (κ1) is 30.2. The standard InChI is InChI=1S/C34H36N3O5P/c1-5-36(6-2)24-15-19-29-31(21-24)42-32-22-25(37(7-3)8-4)16-20-30(32)33(29)27-11-9-10-12-28(27)34(38)35-23-13-17-26(18-14-23)43(39,40)41/h9-22H,5-8H2,1-4H3,(H2-,35,38,39,40,41)/p+1. The number of hydrogen-bond donors (Lipinski definition) is 3. The van der Waals surface area contributed by atoms with Crippen LogP contribution in [0.2, 0.25) is 0 Å². The Labute approximate surface area is 251 Å². The summed E-state index contributed by atoms with van der Waals surface area (Å²) in [5.41, 5.74) is 5.24. The minimum absolute atomic E-state index is 0.106. The van der Waals surface area contributed by atoms with Crippen molar-refractivity contribution in [1.29, 1.82) is 0 Å². The first-order chi connectivity index (χ1) is 20.7. The Balaban J connectivity index is 1.71. The van der Waals surface area contributed by atoms with E-state index >= 15 is 0 Å². The van der Waals surface area contributed by atoms with Gasteiger partial charge >= 0.3 is 7.60 Å². The number of anilines is 2. The van der Waals surface area contributed by atoms with E-state index in [9.17, 15) is 19.1 Å². The molecule has 9 heteroatoms. The third-order valence-electron chi connectivity index (χ3n) is 7.85. The maximum Gasteiger partial charge on any atom is 0.356 e. The summed E-state index contributed by atoms with van der Waals surface area (Å²) in [7, 11) is -4.38. The molecule has 0 bridgehead atoms. The Bertz CT molecular complexity index is 1860. The highest BCUT2D eigenvalue weighted by Crippen LogP contribution is 2.42. The van der Waals surface area contributed by atoms with Crippen LogP contribution in [0.5, 0.6) is 0 Å². The van der Waals surface area contributed by atoms with Crippen molar-refractivity contribution < 1.29 is 23.6 Å². The van der Waals surface area contributed by atoms with Crippen LogP contribution in [0.15, 0.2) is 89.3 Å². The lowest BCUT2D eigenvalue weighted by atomic mass is 9.90. The average molecular weight is 599 g/mol. The van der Waals surface area contributed by atoms with Gasteiger partial charge in [0, 0.05) is 58.7 Å². The second-order valence-electron chi connectivity index (χ2n) is 10.3. The molecule has 3 aromatic carbocycles. The van der Waals surface area contributed by atoms with E-state index in [2.05, 4.69) is 78.9 Å². The highest BCUT2D eigenvalue weighted by molar-refractivity contribution is 7.60. The number of benzene rings is 4. The van der Waals surface area contributed by atoms with Crippen molar-refractivity contribution in [3.05, 3.63) is 95.8 Å². The van der Waals surface area contributed by atoms with Crippen LogP contribution >= 0.6 is 7.60 Å². The summed E-state index contributed by atoms with van der Waals surface area (Å²) < 4.78 is 20.4. The molecule has 5 rings (SSSR count). The fraction of sp³-hybridized carbons (Fsp3) is 0.235. The van der Waals surface area contributed by atoms with Crippen LogP contribution in [0.25, 0.3) is 33.4 Å². The van der Waals surface area contributed by atoms with E-state index in [1.165, 1.54) is 24.3 Å². The van der Waals surface area contributed by atoms with E-state index in [-0.39, 0.29) is 11.2 Å². The molecule has 0 spiro atoms. The van der Waals surface area contributed by atoms with E-state index in [1.807, 2.05) is 18.2 Å². The smallest absolute Gasteiger partial charge is 0.356 e. The van der Waals surface area contributed by atoms with Crippen LogP contribution in [0, 0.1) is 0 Å². The predicted octanol–water partition coefficient (Wildman–Crippen LogP) is 5.92. The largest absolute Gasteiger partial charge is 0.456 e. The molecule has 3 aromatic rings. The van der Waals surface area contributed by atoms with E-state index in [1.54, 1.807) is 6.07 Å². The summed E-state index contributed by atoms with van der Waals surface area (Å²) in [4.78, 5) is 34.8. The van der Waals surface area contributed by atoms with Gasteiger partial charge in [-0.3, -0.25) is 9.36 Å². The van der Waals surface area contributed by atoms with E-state index in [0.29, 0.717) is 11.3 Å². The number of nitrogens with one attached hydrogen (secondary N) is 1. The number of nitrogens with zero attached hydrogens (tertiary/aromatic N) is 2. The van der Waals surface area contributed by atoms with Crippen molar-refractivity contribution in [2.24, 2.45) is 0 Å². The number of amides is 1. The van der Waals surface area contributed by atoms with E-state index in [0.717, 1.165) is 70.6 Å². The molecule has 0 aromatic heterocycles. The van der Waals surface area contributed by atoms with Crippen LogP contribution in [0.1, 0.15) is 38.1 Å². The molecule has 43 heavy (non-hydrogen) atoms. The Morgan fingerprint density at radius 2 is 1.56 bits per heavy atom. The molecule has 0 fully saturated rings. The molecule has 222 valence electrons. The maximum absolute atomic E-state index is 13.7. The topological polar surface area (TPSA) is 106 Å². The molecule has 1 amide bonds. The average Bonchev–Trinajstić information content (AvgIpc) is 3.01. The van der Waals surface area contributed by atoms with Gasteiger partial charge < -0.3 is 24.4 Å². The zero-order valence-electron chi connectivity index (χ0n) is 24.9. The fourth-order valence-corrected chi connectivity index (χ4v) is 6.10. The van der Waals surface area contributed by atoms with Gasteiger partial charge in [-0.05, 0) is 81.8 Å². The van der Waals surface area contributed by atoms with Gasteiger partial charge in [-0.1, -0.05) is 18.2 Å². The minimum atomic E-state index is -4.38. The molecule has 1 heterocycles. The third-order valence-corrected chi connectivity index (χ3v) is 8.82. The Hall–Kier alpha value is -4.23. The van der Waals surface area contributed by atoms with Gasteiger partial charge in [-0.2, -0.15) is 0 Å². The molecule has 0 saturated carbocycles. The zero-order chi connectivity index (χ0) is 30.7. The molecule has 1 aliphatic carbocycles. The Kier molecular flexibility index (Phi) is 8.83. The molecule has 0 unspecified atom stereocenters. The summed E-state index contributed by atoms with van der Waals surface area (Å²) in [6, 6.07) is 25.5. The van der Waals surface area contributed by atoms with Gasteiger partial charge in [0.1, 0.15) is 24.4 Å². The molecular weight excluding hydrogens is 561 g/mol. The molecule has 3 N–H and O–H groups in total. The van der Waals surface area contributed by atoms with Gasteiger partial charge in [0.25, 0.3) is 5.91 Å². The normalized spacial score (nSPS) is 11.6. The van der Waals surface area contributed by atoms with E-state index in [4.69, 9.17) is 4.42 Å². The van der Waals surface area contributed by atoms with Gasteiger partial charge in [0.2, 0.25) is 5.36 Å². The Morgan fingerprint density at radius 3 is 2.21 bits per heavy atom. The lowest BCUT2D eigenvalue weighted by Crippen LogP contribution is -2.29. The summed E-state index contributed by atoms with van der Waals surface area (Å²) in [5.74, 6) is 0.396. The first-order valence-corrected chi connectivity index (χ1v) is 16.2. The van der Waals surface area contributed by atoms with Gasteiger partial charge in [-0.15, -0.1) is 0 Å². The number of rotatable bonds is 9. The maximum atomic E-state index is 13.7. The van der Waals surface area contributed by atoms with Crippen LogP contribution in [0.3, 0.4) is 0 Å². The van der Waals surface area contributed by atoms with Crippen molar-refractivity contribution in [1.82, 2.24) is 4.58 Å². The van der Waals surface area contributed by atoms with Crippen molar-refractivity contribution in [3.63, 3.8) is 0 Å². The van der Waals surface area contributed by atoms with Crippen molar-refractivity contribution in [3.8, 4) is 22.5 Å². The molecule has 8 nitrogen and oxygen atoms in total. The summed E-state index contributed by atoms with van der Waals surface area (Å²) in [5, 5.41) is 4.75. The quantitative estimate of drug-likeness (QED) is 0.111. The number of carbonyl (C=O) groups is 1.